The second-order valence-corrected chi connectivity index (χ2v) is 4.50. The van der Waals surface area contributed by atoms with Crippen LogP contribution in [0.4, 0.5) is 5.69 Å². The average Bonchev–Trinajstić information content (AvgIpc) is 2.27. The number of aliphatic hydroxyl groups is 1. The molecule has 0 fully saturated rings. The minimum absolute atomic E-state index is 0. The van der Waals surface area contributed by atoms with Crippen molar-refractivity contribution in [3.8, 4) is 0 Å². The monoisotopic (exact) mass is 363 g/mol. The van der Waals surface area contributed by atoms with Gasteiger partial charge >= 0.3 is 0 Å². The van der Waals surface area contributed by atoms with E-state index in [1.165, 1.54) is 0 Å². The zero-order valence-electron chi connectivity index (χ0n) is 10.8. The summed E-state index contributed by atoms with van der Waals surface area (Å²) in [5.74, 6) is 0.794. The van der Waals surface area contributed by atoms with Crippen molar-refractivity contribution in [2.75, 3.05) is 11.9 Å². The lowest BCUT2D eigenvalue weighted by Crippen LogP contribution is -2.25. The largest absolute Gasteiger partial charge is 0.391 e. The Hall–Kier alpha value is -0.820. The Kier molecular flexibility index (Phi) is 8.74. The summed E-state index contributed by atoms with van der Waals surface area (Å²) in [5, 5.41) is 12.6. The molecular weight excluding hydrogens is 341 g/mol. The zero-order chi connectivity index (χ0) is 12.7. The summed E-state index contributed by atoms with van der Waals surface area (Å²) in [4.78, 5) is 4.11. The Labute approximate surface area is 126 Å². The molecule has 0 aliphatic carbocycles. The lowest BCUT2D eigenvalue weighted by Gasteiger charge is -2.11. The van der Waals surface area contributed by atoms with Crippen molar-refractivity contribution >= 4 is 35.6 Å². The summed E-state index contributed by atoms with van der Waals surface area (Å²) in [7, 11) is 0. The molecule has 0 saturated heterocycles. The molecule has 0 saturated carbocycles. The molecule has 0 heterocycles. The molecule has 0 aliphatic rings. The van der Waals surface area contributed by atoms with E-state index in [-0.39, 0.29) is 24.0 Å². The SMILES string of the molecule is CC(C)CC(O)CN=C(N)Nc1ccccc1.I. The van der Waals surface area contributed by atoms with E-state index in [1.54, 1.807) is 0 Å². The number of guanidine groups is 1. The van der Waals surface area contributed by atoms with Crippen molar-refractivity contribution in [3.63, 3.8) is 0 Å². The molecule has 0 aliphatic heterocycles. The fourth-order valence-electron chi connectivity index (χ4n) is 1.53. The van der Waals surface area contributed by atoms with Crippen LogP contribution < -0.4 is 11.1 Å². The highest BCUT2D eigenvalue weighted by atomic mass is 127. The number of nitrogens with one attached hydrogen (secondary N) is 1. The molecule has 1 aromatic rings. The molecule has 0 aromatic heterocycles. The first kappa shape index (κ1) is 17.2. The lowest BCUT2D eigenvalue weighted by molar-refractivity contribution is 0.157. The normalized spacial score (nSPS) is 13.0. The topological polar surface area (TPSA) is 70.6 Å². The van der Waals surface area contributed by atoms with E-state index >= 15 is 0 Å². The summed E-state index contributed by atoms with van der Waals surface area (Å²) < 4.78 is 0. The van der Waals surface area contributed by atoms with Gasteiger partial charge in [0.15, 0.2) is 5.96 Å². The van der Waals surface area contributed by atoms with Gasteiger partial charge in [0, 0.05) is 5.69 Å². The predicted molar refractivity (Wildman–Crippen MR) is 87.4 cm³/mol. The minimum atomic E-state index is -0.425. The van der Waals surface area contributed by atoms with Gasteiger partial charge in [-0.1, -0.05) is 32.0 Å². The van der Waals surface area contributed by atoms with Crippen LogP contribution in [0.15, 0.2) is 35.3 Å². The molecule has 4 N–H and O–H groups in total. The van der Waals surface area contributed by atoms with E-state index in [0.717, 1.165) is 12.1 Å². The van der Waals surface area contributed by atoms with E-state index in [0.29, 0.717) is 18.4 Å². The second kappa shape index (κ2) is 9.16. The Morgan fingerprint density at radius 1 is 1.33 bits per heavy atom. The number of benzene rings is 1. The van der Waals surface area contributed by atoms with Gasteiger partial charge in [0.2, 0.25) is 0 Å². The fraction of sp³-hybridized carbons (Fsp3) is 0.462. The summed E-state index contributed by atoms with van der Waals surface area (Å²) >= 11 is 0. The van der Waals surface area contributed by atoms with Crippen LogP contribution in [0.1, 0.15) is 20.3 Å². The van der Waals surface area contributed by atoms with Crippen molar-refractivity contribution in [3.05, 3.63) is 30.3 Å². The van der Waals surface area contributed by atoms with E-state index < -0.39 is 6.10 Å². The highest BCUT2D eigenvalue weighted by Crippen LogP contribution is 2.06. The number of rotatable bonds is 5. The number of aliphatic imine (C=N–C) groups is 1. The number of nitrogens with two attached hydrogens (primary N) is 1. The molecule has 1 rings (SSSR count). The third-order valence-electron chi connectivity index (χ3n) is 2.26. The minimum Gasteiger partial charge on any atom is -0.391 e. The summed E-state index contributed by atoms with van der Waals surface area (Å²) in [5.41, 5.74) is 6.61. The molecule has 18 heavy (non-hydrogen) atoms. The van der Waals surface area contributed by atoms with Gasteiger partial charge in [-0.2, -0.15) is 0 Å². The van der Waals surface area contributed by atoms with Crippen molar-refractivity contribution < 1.29 is 5.11 Å². The highest BCUT2D eigenvalue weighted by Gasteiger charge is 2.05. The molecule has 4 nitrogen and oxygen atoms in total. The van der Waals surface area contributed by atoms with Crippen LogP contribution in [-0.4, -0.2) is 23.7 Å². The molecule has 102 valence electrons. The zero-order valence-corrected chi connectivity index (χ0v) is 13.2. The Balaban J connectivity index is 0.00000289. The highest BCUT2D eigenvalue weighted by molar-refractivity contribution is 14.0. The molecule has 1 aromatic carbocycles. The maximum absolute atomic E-state index is 9.64. The van der Waals surface area contributed by atoms with Gasteiger partial charge in [-0.05, 0) is 24.5 Å². The molecule has 5 heteroatoms. The van der Waals surface area contributed by atoms with Gasteiger partial charge in [0.1, 0.15) is 0 Å². The third-order valence-corrected chi connectivity index (χ3v) is 2.26. The van der Waals surface area contributed by atoms with Gasteiger partial charge in [0.05, 0.1) is 12.6 Å². The summed E-state index contributed by atoms with van der Waals surface area (Å²) in [6.45, 7) is 4.47. The van der Waals surface area contributed by atoms with Crippen molar-refractivity contribution in [2.45, 2.75) is 26.4 Å². The fourth-order valence-corrected chi connectivity index (χ4v) is 1.53. The van der Waals surface area contributed by atoms with Crippen molar-refractivity contribution in [1.29, 1.82) is 0 Å². The van der Waals surface area contributed by atoms with E-state index in [2.05, 4.69) is 24.2 Å². The number of halogens is 1. The Morgan fingerprint density at radius 3 is 2.50 bits per heavy atom. The Bertz CT molecular complexity index is 355. The van der Waals surface area contributed by atoms with Crippen LogP contribution in [0.3, 0.4) is 0 Å². The van der Waals surface area contributed by atoms with Crippen LogP contribution in [0, 0.1) is 5.92 Å². The number of hydrogen-bond donors (Lipinski definition) is 3. The Morgan fingerprint density at radius 2 is 1.94 bits per heavy atom. The molecule has 0 bridgehead atoms. The quantitative estimate of drug-likeness (QED) is 0.428. The van der Waals surface area contributed by atoms with Crippen LogP contribution in [0.2, 0.25) is 0 Å². The molecular formula is C13H22IN3O. The summed E-state index contributed by atoms with van der Waals surface area (Å²) in [6.07, 6.45) is 0.313. The maximum atomic E-state index is 9.64. The molecule has 1 atom stereocenters. The van der Waals surface area contributed by atoms with Crippen molar-refractivity contribution in [1.82, 2.24) is 0 Å². The number of para-hydroxylation sites is 1. The number of anilines is 1. The van der Waals surface area contributed by atoms with E-state index in [1.807, 2.05) is 30.3 Å². The lowest BCUT2D eigenvalue weighted by atomic mass is 10.1. The number of hydrogen-bond acceptors (Lipinski definition) is 2. The number of nitrogens with zero attached hydrogens (tertiary/aromatic N) is 1. The standard InChI is InChI=1S/C13H21N3O.HI/c1-10(2)8-12(17)9-15-13(14)16-11-6-4-3-5-7-11;/h3-7,10,12,17H,8-9H2,1-2H3,(H3,14,15,16);1H. The van der Waals surface area contributed by atoms with Gasteiger partial charge in [0.25, 0.3) is 0 Å². The first-order valence-electron chi connectivity index (χ1n) is 5.88. The molecule has 0 radical (unpaired) electrons. The second-order valence-electron chi connectivity index (χ2n) is 4.50. The average molecular weight is 363 g/mol. The predicted octanol–water partition coefficient (Wildman–Crippen LogP) is 2.44. The maximum Gasteiger partial charge on any atom is 0.193 e. The van der Waals surface area contributed by atoms with Crippen LogP contribution in [0.5, 0.6) is 0 Å². The van der Waals surface area contributed by atoms with Gasteiger partial charge in [-0.15, -0.1) is 24.0 Å². The first-order valence-corrected chi connectivity index (χ1v) is 5.88. The summed E-state index contributed by atoms with van der Waals surface area (Å²) in [6, 6.07) is 9.59. The van der Waals surface area contributed by atoms with Gasteiger partial charge in [-0.25, -0.2) is 0 Å². The molecule has 0 spiro atoms. The third kappa shape index (κ3) is 7.50. The van der Waals surface area contributed by atoms with Crippen LogP contribution in [0.25, 0.3) is 0 Å². The van der Waals surface area contributed by atoms with Gasteiger partial charge < -0.3 is 16.2 Å². The van der Waals surface area contributed by atoms with Gasteiger partial charge in [-0.3, -0.25) is 4.99 Å². The smallest absolute Gasteiger partial charge is 0.193 e. The number of aliphatic hydroxyl groups excluding tert-OH is 1. The van der Waals surface area contributed by atoms with Crippen LogP contribution >= 0.6 is 24.0 Å². The van der Waals surface area contributed by atoms with Crippen molar-refractivity contribution in [2.24, 2.45) is 16.6 Å². The van der Waals surface area contributed by atoms with E-state index in [4.69, 9.17) is 5.73 Å². The molecule has 1 unspecified atom stereocenters. The van der Waals surface area contributed by atoms with Crippen LogP contribution in [-0.2, 0) is 0 Å². The molecule has 0 amide bonds. The first-order chi connectivity index (χ1) is 8.08. The van der Waals surface area contributed by atoms with E-state index in [9.17, 15) is 5.11 Å².